The van der Waals surface area contributed by atoms with Crippen molar-refractivity contribution in [3.8, 4) is 0 Å². The number of rotatable bonds is 2. The van der Waals surface area contributed by atoms with Gasteiger partial charge in [-0.25, -0.2) is 0 Å². The number of amides is 1. The topological polar surface area (TPSA) is 29.1 Å². The lowest BCUT2D eigenvalue weighted by molar-refractivity contribution is -0.123. The molecule has 0 bridgehead atoms. The first-order valence-corrected chi connectivity index (χ1v) is 5.55. The highest BCUT2D eigenvalue weighted by Gasteiger charge is 2.27. The van der Waals surface area contributed by atoms with Crippen LogP contribution in [0.25, 0.3) is 0 Å². The first-order valence-electron chi connectivity index (χ1n) is 4.09. The van der Waals surface area contributed by atoms with Crippen LogP contribution in [0.4, 0.5) is 13.2 Å². The number of carbonyl (C=O) groups is 1. The van der Waals surface area contributed by atoms with E-state index in [1.54, 1.807) is 5.32 Å². The molecule has 0 heterocycles. The van der Waals surface area contributed by atoms with Crippen LogP contribution in [-0.4, -0.2) is 18.6 Å². The van der Waals surface area contributed by atoms with E-state index in [0.29, 0.717) is 8.59 Å². The average molecular weight is 364 g/mol. The molecule has 2 nitrogen and oxygen atoms in total. The fourth-order valence-corrected chi connectivity index (χ4v) is 1.55. The van der Waals surface area contributed by atoms with Gasteiger partial charge in [0.05, 0.1) is 5.02 Å². The molecule has 0 saturated heterocycles. The molecule has 0 aliphatic carbocycles. The number of alkyl halides is 3. The van der Waals surface area contributed by atoms with Crippen molar-refractivity contribution < 1.29 is 18.0 Å². The Hall–Kier alpha value is -0.500. The number of benzene rings is 1. The number of halogens is 5. The molecule has 0 spiro atoms. The molecule has 1 amide bonds. The molecule has 88 valence electrons. The van der Waals surface area contributed by atoms with Crippen LogP contribution in [0.1, 0.15) is 10.4 Å². The summed E-state index contributed by atoms with van der Waals surface area (Å²) in [7, 11) is 0. The Bertz CT molecular complexity index is 408. The summed E-state index contributed by atoms with van der Waals surface area (Å²) < 4.78 is 36.1. The van der Waals surface area contributed by atoms with Gasteiger partial charge in [0.2, 0.25) is 0 Å². The van der Waals surface area contributed by atoms with Crippen LogP contribution in [0.15, 0.2) is 18.2 Å². The molecular formula is C9H6ClF3INO. The summed E-state index contributed by atoms with van der Waals surface area (Å²) in [5, 5.41) is 2.23. The second-order valence-corrected chi connectivity index (χ2v) is 4.50. The Balaban J connectivity index is 2.70. The van der Waals surface area contributed by atoms with Crippen molar-refractivity contribution in [1.82, 2.24) is 5.32 Å². The van der Waals surface area contributed by atoms with Gasteiger partial charge in [-0.05, 0) is 40.8 Å². The molecule has 0 unspecified atom stereocenters. The minimum Gasteiger partial charge on any atom is -0.343 e. The summed E-state index contributed by atoms with van der Waals surface area (Å²) in [5.74, 6) is -0.771. The van der Waals surface area contributed by atoms with Gasteiger partial charge in [-0.2, -0.15) is 13.2 Å². The molecule has 0 radical (unpaired) electrons. The molecule has 0 atom stereocenters. The van der Waals surface area contributed by atoms with Crippen molar-refractivity contribution >= 4 is 40.1 Å². The van der Waals surface area contributed by atoms with Crippen LogP contribution in [-0.2, 0) is 0 Å². The minimum absolute atomic E-state index is 0.151. The van der Waals surface area contributed by atoms with E-state index in [1.807, 2.05) is 22.6 Å². The zero-order valence-corrected chi connectivity index (χ0v) is 10.7. The van der Waals surface area contributed by atoms with Crippen LogP contribution in [0, 0.1) is 3.57 Å². The third kappa shape index (κ3) is 4.17. The maximum Gasteiger partial charge on any atom is 0.405 e. The van der Waals surface area contributed by atoms with Gasteiger partial charge in [-0.1, -0.05) is 11.6 Å². The fraction of sp³-hybridized carbons (Fsp3) is 0.222. The summed E-state index contributed by atoms with van der Waals surface area (Å²) in [6.45, 7) is -1.34. The predicted molar refractivity (Wildman–Crippen MR) is 62.6 cm³/mol. The van der Waals surface area contributed by atoms with Crippen LogP contribution >= 0.6 is 34.2 Å². The zero-order valence-electron chi connectivity index (χ0n) is 7.74. The molecule has 1 N–H and O–H groups in total. The standard InChI is InChI=1S/C9H6ClF3INO/c10-6-2-1-5(3-7(6)14)8(16)15-4-9(11,12)13/h1-3H,4H2,(H,15,16). The van der Waals surface area contributed by atoms with Crippen molar-refractivity contribution in [2.45, 2.75) is 6.18 Å². The van der Waals surface area contributed by atoms with Crippen molar-refractivity contribution in [1.29, 1.82) is 0 Å². The van der Waals surface area contributed by atoms with E-state index in [9.17, 15) is 18.0 Å². The fourth-order valence-electron chi connectivity index (χ4n) is 0.920. The molecule has 0 aromatic heterocycles. The zero-order chi connectivity index (χ0) is 12.3. The van der Waals surface area contributed by atoms with Crippen molar-refractivity contribution in [2.75, 3.05) is 6.54 Å². The highest BCUT2D eigenvalue weighted by Crippen LogP contribution is 2.19. The number of nitrogens with one attached hydrogen (secondary N) is 1. The molecule has 0 aliphatic heterocycles. The Morgan fingerprint density at radius 3 is 2.56 bits per heavy atom. The highest BCUT2D eigenvalue weighted by atomic mass is 127. The van der Waals surface area contributed by atoms with Gasteiger partial charge in [0.25, 0.3) is 5.91 Å². The molecule has 1 rings (SSSR count). The molecule has 0 aliphatic rings. The van der Waals surface area contributed by atoms with Gasteiger partial charge in [0.1, 0.15) is 6.54 Å². The van der Waals surface area contributed by atoms with Gasteiger partial charge < -0.3 is 5.32 Å². The Kier molecular flexibility index (Phi) is 4.43. The molecule has 1 aromatic rings. The minimum atomic E-state index is -4.41. The summed E-state index contributed by atoms with van der Waals surface area (Å²) >= 11 is 7.61. The maximum atomic E-state index is 11.8. The molecule has 0 saturated carbocycles. The lowest BCUT2D eigenvalue weighted by atomic mass is 10.2. The predicted octanol–water partition coefficient (Wildman–Crippen LogP) is 3.24. The van der Waals surface area contributed by atoms with Crippen molar-refractivity contribution in [3.05, 3.63) is 32.4 Å². The van der Waals surface area contributed by atoms with Crippen LogP contribution in [0.2, 0.25) is 5.02 Å². The second kappa shape index (κ2) is 5.22. The molecule has 16 heavy (non-hydrogen) atoms. The largest absolute Gasteiger partial charge is 0.405 e. The monoisotopic (exact) mass is 363 g/mol. The molecule has 0 fully saturated rings. The third-order valence-corrected chi connectivity index (χ3v) is 3.17. The van der Waals surface area contributed by atoms with Crippen molar-refractivity contribution in [2.24, 2.45) is 0 Å². The SMILES string of the molecule is O=C(NCC(F)(F)F)c1ccc(Cl)c(I)c1. The number of hydrogen-bond acceptors (Lipinski definition) is 1. The second-order valence-electron chi connectivity index (χ2n) is 2.93. The quantitative estimate of drug-likeness (QED) is 0.803. The van der Waals surface area contributed by atoms with E-state index < -0.39 is 18.6 Å². The third-order valence-electron chi connectivity index (χ3n) is 1.63. The lowest BCUT2D eigenvalue weighted by Gasteiger charge is -2.08. The maximum absolute atomic E-state index is 11.8. The summed E-state index contributed by atoms with van der Waals surface area (Å²) in [4.78, 5) is 11.3. The van der Waals surface area contributed by atoms with Crippen LogP contribution in [0.5, 0.6) is 0 Å². The summed E-state index contributed by atoms with van der Waals surface area (Å²) in [6, 6.07) is 4.26. The average Bonchev–Trinajstić information content (AvgIpc) is 2.17. The van der Waals surface area contributed by atoms with Crippen LogP contribution < -0.4 is 5.32 Å². The summed E-state index contributed by atoms with van der Waals surface area (Å²) in [5.41, 5.74) is 0.151. The van der Waals surface area contributed by atoms with Gasteiger partial charge >= 0.3 is 6.18 Å². The molecular weight excluding hydrogens is 357 g/mol. The van der Waals surface area contributed by atoms with Gasteiger partial charge in [-0.15, -0.1) is 0 Å². The smallest absolute Gasteiger partial charge is 0.343 e. The van der Waals surface area contributed by atoms with E-state index in [1.165, 1.54) is 18.2 Å². The Morgan fingerprint density at radius 1 is 1.44 bits per heavy atom. The molecule has 1 aromatic carbocycles. The van der Waals surface area contributed by atoms with E-state index >= 15 is 0 Å². The lowest BCUT2D eigenvalue weighted by Crippen LogP contribution is -2.33. The number of carbonyl (C=O) groups excluding carboxylic acids is 1. The van der Waals surface area contributed by atoms with E-state index in [-0.39, 0.29) is 5.56 Å². The first-order chi connectivity index (χ1) is 7.29. The first kappa shape index (κ1) is 13.6. The van der Waals surface area contributed by atoms with Gasteiger partial charge in [-0.3, -0.25) is 4.79 Å². The van der Waals surface area contributed by atoms with Crippen molar-refractivity contribution in [3.63, 3.8) is 0 Å². The van der Waals surface area contributed by atoms with Crippen LogP contribution in [0.3, 0.4) is 0 Å². The van der Waals surface area contributed by atoms with E-state index in [2.05, 4.69) is 0 Å². The normalized spacial score (nSPS) is 11.3. The van der Waals surface area contributed by atoms with Gasteiger partial charge in [0, 0.05) is 9.13 Å². The van der Waals surface area contributed by atoms with Gasteiger partial charge in [0.15, 0.2) is 0 Å². The molecule has 7 heteroatoms. The number of hydrogen-bond donors (Lipinski definition) is 1. The van der Waals surface area contributed by atoms with E-state index in [4.69, 9.17) is 11.6 Å². The Morgan fingerprint density at radius 2 is 2.06 bits per heavy atom. The highest BCUT2D eigenvalue weighted by molar-refractivity contribution is 14.1. The van der Waals surface area contributed by atoms with E-state index in [0.717, 1.165) is 0 Å². The Labute approximate surface area is 108 Å². The summed E-state index contributed by atoms with van der Waals surface area (Å²) in [6.07, 6.45) is -4.41.